The quantitative estimate of drug-likeness (QED) is 0.135. The van der Waals surface area contributed by atoms with Crippen LogP contribution in [0.3, 0.4) is 0 Å². The number of aliphatic hydroxyl groups excluding tert-OH is 1. The minimum Gasteiger partial charge on any atom is -0.480 e. The number of unbranched alkanes of at least 4 members (excludes halogenated alkanes) is 1. The van der Waals surface area contributed by atoms with E-state index >= 15 is 0 Å². The van der Waals surface area contributed by atoms with E-state index in [0.717, 1.165) is 6.42 Å². The van der Waals surface area contributed by atoms with Gasteiger partial charge < -0.3 is 42.2 Å². The molecule has 0 saturated carbocycles. The zero-order chi connectivity index (χ0) is 25.1. The molecule has 2 heterocycles. The Morgan fingerprint density at radius 3 is 2.47 bits per heavy atom. The molecule has 2 rings (SSSR count). The summed E-state index contributed by atoms with van der Waals surface area (Å²) in [4.78, 5) is 56.8. The summed E-state index contributed by atoms with van der Waals surface area (Å²) in [5.74, 6) is -3.06. The van der Waals surface area contributed by atoms with Crippen molar-refractivity contribution in [2.45, 2.75) is 75.7 Å². The third-order valence-corrected chi connectivity index (χ3v) is 5.61. The van der Waals surface area contributed by atoms with Gasteiger partial charge in [0.1, 0.15) is 12.1 Å². The van der Waals surface area contributed by atoms with Crippen LogP contribution in [0.4, 0.5) is 0 Å². The predicted molar refractivity (Wildman–Crippen MR) is 121 cm³/mol. The van der Waals surface area contributed by atoms with Crippen molar-refractivity contribution in [1.29, 1.82) is 0 Å². The molecule has 34 heavy (non-hydrogen) atoms. The molecule has 1 saturated heterocycles. The van der Waals surface area contributed by atoms with Gasteiger partial charge in [-0.2, -0.15) is 0 Å². The molecular weight excluding hydrogens is 446 g/mol. The largest absolute Gasteiger partial charge is 0.480 e. The minimum absolute atomic E-state index is 0.118. The lowest BCUT2D eigenvalue weighted by Gasteiger charge is -2.25. The average Bonchev–Trinajstić information content (AvgIpc) is 3.50. The molecule has 13 heteroatoms. The molecule has 0 bridgehead atoms. The predicted octanol–water partition coefficient (Wildman–Crippen LogP) is -2.25. The summed E-state index contributed by atoms with van der Waals surface area (Å²) in [5, 5.41) is 29.7. The van der Waals surface area contributed by atoms with Crippen molar-refractivity contribution < 1.29 is 29.4 Å². The van der Waals surface area contributed by atoms with E-state index in [1.165, 1.54) is 19.4 Å². The van der Waals surface area contributed by atoms with Gasteiger partial charge in [-0.25, -0.2) is 9.78 Å². The lowest BCUT2D eigenvalue weighted by atomic mass is 10.0. The van der Waals surface area contributed by atoms with Crippen molar-refractivity contribution in [3.05, 3.63) is 18.2 Å². The number of hydrogen-bond donors (Lipinski definition) is 8. The van der Waals surface area contributed by atoms with Crippen LogP contribution in [-0.4, -0.2) is 87.2 Å². The Kier molecular flexibility index (Phi) is 10.9. The topological polar surface area (TPSA) is 212 Å². The summed E-state index contributed by atoms with van der Waals surface area (Å²) in [7, 11) is 0. The number of rotatable bonds is 14. The number of nitrogens with two attached hydrogens (primary N) is 1. The normalized spacial score (nSPS) is 19.0. The molecule has 1 aliphatic rings. The highest BCUT2D eigenvalue weighted by Crippen LogP contribution is 2.08. The van der Waals surface area contributed by atoms with Crippen LogP contribution in [0.5, 0.6) is 0 Å². The third kappa shape index (κ3) is 8.39. The number of aromatic amines is 1. The first kappa shape index (κ1) is 27.2. The number of imidazole rings is 1. The zero-order valence-electron chi connectivity index (χ0n) is 19.3. The number of amides is 3. The Morgan fingerprint density at radius 2 is 1.91 bits per heavy atom. The van der Waals surface area contributed by atoms with E-state index in [1.54, 1.807) is 0 Å². The average molecular weight is 482 g/mol. The summed E-state index contributed by atoms with van der Waals surface area (Å²) < 4.78 is 0. The van der Waals surface area contributed by atoms with Gasteiger partial charge in [0.05, 0.1) is 18.5 Å². The molecular formula is C21H35N7O6. The van der Waals surface area contributed by atoms with Crippen LogP contribution >= 0.6 is 0 Å². The van der Waals surface area contributed by atoms with Gasteiger partial charge in [0, 0.05) is 18.3 Å². The van der Waals surface area contributed by atoms with Crippen LogP contribution in [0, 0.1) is 0 Å². The molecule has 3 amide bonds. The van der Waals surface area contributed by atoms with Crippen LogP contribution < -0.4 is 27.0 Å². The molecule has 5 unspecified atom stereocenters. The van der Waals surface area contributed by atoms with Gasteiger partial charge in [0.15, 0.2) is 6.04 Å². The van der Waals surface area contributed by atoms with E-state index in [9.17, 15) is 29.4 Å². The number of carbonyl (C=O) groups excluding carboxylic acids is 3. The molecule has 1 fully saturated rings. The maximum absolute atomic E-state index is 13.2. The molecule has 5 atom stereocenters. The van der Waals surface area contributed by atoms with Gasteiger partial charge >= 0.3 is 5.97 Å². The molecule has 0 aromatic carbocycles. The maximum atomic E-state index is 13.2. The molecule has 1 aliphatic heterocycles. The van der Waals surface area contributed by atoms with Gasteiger partial charge in [-0.3, -0.25) is 14.4 Å². The Balaban J connectivity index is 2.14. The molecule has 1 aromatic heterocycles. The molecule has 0 spiro atoms. The molecule has 1 aromatic rings. The van der Waals surface area contributed by atoms with E-state index in [2.05, 4.69) is 31.2 Å². The molecule has 13 nitrogen and oxygen atoms in total. The monoisotopic (exact) mass is 481 g/mol. The van der Waals surface area contributed by atoms with Crippen molar-refractivity contribution in [1.82, 2.24) is 31.2 Å². The second-order valence-electron chi connectivity index (χ2n) is 8.40. The smallest absolute Gasteiger partial charge is 0.328 e. The molecule has 0 radical (unpaired) electrons. The summed E-state index contributed by atoms with van der Waals surface area (Å²) in [5.41, 5.74) is 6.14. The first-order valence-corrected chi connectivity index (χ1v) is 11.5. The van der Waals surface area contributed by atoms with E-state index < -0.39 is 48.1 Å². The van der Waals surface area contributed by atoms with Gasteiger partial charge in [0.25, 0.3) is 0 Å². The lowest BCUT2D eigenvalue weighted by molar-refractivity contribution is -0.145. The number of hydrogen-bond acceptors (Lipinski definition) is 8. The molecule has 190 valence electrons. The van der Waals surface area contributed by atoms with Crippen LogP contribution in [0.15, 0.2) is 12.5 Å². The number of H-pyrrole nitrogens is 1. The van der Waals surface area contributed by atoms with E-state index in [-0.39, 0.29) is 18.7 Å². The Labute approximate surface area is 197 Å². The number of aromatic nitrogens is 2. The second-order valence-corrected chi connectivity index (χ2v) is 8.40. The second kappa shape index (κ2) is 13.6. The first-order valence-electron chi connectivity index (χ1n) is 11.5. The highest BCUT2D eigenvalue weighted by molar-refractivity contribution is 5.94. The Bertz CT molecular complexity index is 811. The number of carbonyl (C=O) groups is 4. The molecule has 0 aliphatic carbocycles. The van der Waals surface area contributed by atoms with Crippen molar-refractivity contribution in [2.24, 2.45) is 5.73 Å². The number of carboxylic acids is 1. The van der Waals surface area contributed by atoms with Gasteiger partial charge in [-0.05, 0) is 52.1 Å². The van der Waals surface area contributed by atoms with E-state index in [1.807, 2.05) is 0 Å². The standard InChI is InChI=1S/C21H35N7O6/c1-12(29)17(21(33)34)28-19(31)15(5-2-3-7-22)26-20(32)16(9-13-10-23-11-25-13)27-18(30)14-6-4-8-24-14/h10-12,14-17,24,29H,2-9,22H2,1H3,(H,23,25)(H,26,32)(H,27,30)(H,28,31)(H,33,34). The summed E-state index contributed by atoms with van der Waals surface area (Å²) in [6.45, 7) is 2.35. The highest BCUT2D eigenvalue weighted by Gasteiger charge is 2.32. The van der Waals surface area contributed by atoms with E-state index in [4.69, 9.17) is 5.73 Å². The van der Waals surface area contributed by atoms with Crippen molar-refractivity contribution >= 4 is 23.7 Å². The number of aliphatic carboxylic acids is 1. The van der Waals surface area contributed by atoms with Gasteiger partial charge in [-0.1, -0.05) is 0 Å². The van der Waals surface area contributed by atoms with Crippen LogP contribution in [-0.2, 0) is 25.6 Å². The number of aliphatic hydroxyl groups is 1. The summed E-state index contributed by atoms with van der Waals surface area (Å²) in [6, 6.07) is -4.00. The fourth-order valence-electron chi connectivity index (χ4n) is 3.68. The van der Waals surface area contributed by atoms with Crippen molar-refractivity contribution in [2.75, 3.05) is 13.1 Å². The highest BCUT2D eigenvalue weighted by atomic mass is 16.4. The SMILES string of the molecule is CC(O)C(NC(=O)C(CCCCN)NC(=O)C(Cc1cnc[nH]1)NC(=O)C1CCCN1)C(=O)O. The first-order chi connectivity index (χ1) is 16.2. The lowest BCUT2D eigenvalue weighted by Crippen LogP contribution is -2.58. The fraction of sp³-hybridized carbons (Fsp3) is 0.667. The zero-order valence-corrected chi connectivity index (χ0v) is 19.3. The Hall–Kier alpha value is -3.03. The van der Waals surface area contributed by atoms with Crippen LogP contribution in [0.25, 0.3) is 0 Å². The third-order valence-electron chi connectivity index (χ3n) is 5.61. The number of carboxylic acid groups (broad SMARTS) is 1. The van der Waals surface area contributed by atoms with Crippen molar-refractivity contribution in [3.63, 3.8) is 0 Å². The Morgan fingerprint density at radius 1 is 1.18 bits per heavy atom. The van der Waals surface area contributed by atoms with Crippen LogP contribution in [0.2, 0.25) is 0 Å². The number of nitrogens with zero attached hydrogens (tertiary/aromatic N) is 1. The van der Waals surface area contributed by atoms with E-state index in [0.29, 0.717) is 38.0 Å². The summed E-state index contributed by atoms with van der Waals surface area (Å²) >= 11 is 0. The van der Waals surface area contributed by atoms with Gasteiger partial charge in [0.2, 0.25) is 17.7 Å². The molecule has 9 N–H and O–H groups in total. The number of nitrogens with one attached hydrogen (secondary N) is 5. The van der Waals surface area contributed by atoms with Crippen LogP contribution in [0.1, 0.15) is 44.7 Å². The fourth-order valence-corrected chi connectivity index (χ4v) is 3.68. The van der Waals surface area contributed by atoms with Gasteiger partial charge in [-0.15, -0.1) is 0 Å². The van der Waals surface area contributed by atoms with Crippen molar-refractivity contribution in [3.8, 4) is 0 Å². The maximum Gasteiger partial charge on any atom is 0.328 e. The minimum atomic E-state index is -1.53. The summed E-state index contributed by atoms with van der Waals surface area (Å²) in [6.07, 6.45) is 4.58.